The number of carbonyl (C=O) groups is 2. The first kappa shape index (κ1) is 31.3. The third-order valence-corrected chi connectivity index (χ3v) is 9.34. The van der Waals surface area contributed by atoms with Crippen LogP contribution in [-0.2, 0) is 22.2 Å². The Morgan fingerprint density at radius 3 is 1.88 bits per heavy atom. The summed E-state index contributed by atoms with van der Waals surface area (Å²) >= 11 is 6.66. The molecule has 0 amide bonds. The molecule has 0 aliphatic heterocycles. The summed E-state index contributed by atoms with van der Waals surface area (Å²) in [6.07, 6.45) is -5.23. The lowest BCUT2D eigenvalue weighted by Crippen LogP contribution is -2.17. The van der Waals surface area contributed by atoms with Crippen molar-refractivity contribution in [3.05, 3.63) is 69.2 Å². The van der Waals surface area contributed by atoms with Gasteiger partial charge in [-0.15, -0.1) is 0 Å². The Morgan fingerprint density at radius 2 is 1.43 bits per heavy atom. The van der Waals surface area contributed by atoms with Crippen LogP contribution in [0, 0.1) is 0 Å². The SMILES string of the molecule is COc1ccc(Cl)c(S(=O)(=O)CC(=O)c2cn3cc(C(F)(F)F)sc3n2)c1.O=C(O)c1cn2cc(C(F)(F)F)sc2n1. The molecular formula is C22H13ClF6N4O6S3. The second kappa shape index (κ2) is 11.2. The average molecular weight is 675 g/mol. The van der Waals surface area contributed by atoms with Gasteiger partial charge in [0.2, 0.25) is 0 Å². The standard InChI is InChI=1S/C15H10ClF3N2O4S2.C7H3F3N2O2S/c1-25-8-2-3-9(16)12(4-8)27(23,24)7-11(22)10-5-21-6-13(15(17,18)19)26-14(21)20-10;8-7(9,10)4-2-12-1-3(5(13)14)11-6(12)15-4/h2-6H,7H2,1H3;1-2H,(H,13,14). The van der Waals surface area contributed by atoms with E-state index in [2.05, 4.69) is 9.97 Å². The number of fused-ring (bicyclic) bond motifs is 2. The van der Waals surface area contributed by atoms with E-state index in [0.717, 1.165) is 33.6 Å². The van der Waals surface area contributed by atoms with E-state index in [4.69, 9.17) is 21.4 Å². The highest BCUT2D eigenvalue weighted by Crippen LogP contribution is 2.36. The molecule has 42 heavy (non-hydrogen) atoms. The van der Waals surface area contributed by atoms with E-state index in [1.807, 2.05) is 0 Å². The van der Waals surface area contributed by atoms with E-state index in [9.17, 15) is 44.3 Å². The number of carboxylic acids is 1. The molecule has 20 heteroatoms. The largest absolute Gasteiger partial charge is 0.497 e. The van der Waals surface area contributed by atoms with Gasteiger partial charge >= 0.3 is 18.3 Å². The number of carbonyl (C=O) groups excluding carboxylic acids is 1. The van der Waals surface area contributed by atoms with E-state index in [-0.39, 0.29) is 37.0 Å². The van der Waals surface area contributed by atoms with Gasteiger partial charge < -0.3 is 9.84 Å². The molecule has 5 aromatic rings. The molecule has 4 heterocycles. The number of halogens is 7. The number of carboxylic acid groups (broad SMARTS) is 1. The van der Waals surface area contributed by atoms with E-state index in [0.29, 0.717) is 22.7 Å². The lowest BCUT2D eigenvalue weighted by atomic mass is 10.3. The number of Topliss-reactive ketones (excluding diaryl/α,β-unsaturated/α-hetero) is 1. The highest BCUT2D eigenvalue weighted by atomic mass is 35.5. The predicted octanol–water partition coefficient (Wildman–Crippen LogP) is 5.85. The summed E-state index contributed by atoms with van der Waals surface area (Å²) in [6, 6.07) is 3.97. The molecule has 0 saturated heterocycles. The number of alkyl halides is 6. The molecule has 0 fully saturated rings. The summed E-state index contributed by atoms with van der Waals surface area (Å²) in [5.41, 5.74) is -0.521. The van der Waals surface area contributed by atoms with Gasteiger partial charge in [-0.1, -0.05) is 34.3 Å². The first-order valence-corrected chi connectivity index (χ1v) is 14.5. The number of imidazole rings is 2. The molecule has 0 atom stereocenters. The van der Waals surface area contributed by atoms with Crippen molar-refractivity contribution in [2.75, 3.05) is 12.9 Å². The zero-order chi connectivity index (χ0) is 31.2. The van der Waals surface area contributed by atoms with Crippen LogP contribution in [0.25, 0.3) is 9.92 Å². The van der Waals surface area contributed by atoms with E-state index < -0.39 is 49.4 Å². The summed E-state index contributed by atoms with van der Waals surface area (Å²) in [6.45, 7) is 0. The minimum atomic E-state index is -4.53. The molecule has 0 saturated carbocycles. The fourth-order valence-corrected chi connectivity index (χ4v) is 6.71. The van der Waals surface area contributed by atoms with Crippen LogP contribution in [0.1, 0.15) is 30.7 Å². The Labute approximate surface area is 243 Å². The minimum Gasteiger partial charge on any atom is -0.497 e. The van der Waals surface area contributed by atoms with Crippen molar-refractivity contribution in [2.45, 2.75) is 17.2 Å². The maximum atomic E-state index is 12.7. The van der Waals surface area contributed by atoms with Crippen molar-refractivity contribution in [3.8, 4) is 5.75 Å². The average Bonchev–Trinajstić information content (AvgIpc) is 3.62. The second-order valence-electron chi connectivity index (χ2n) is 8.10. The number of sulfone groups is 1. The molecule has 1 N–H and O–H groups in total. The van der Waals surface area contributed by atoms with Crippen molar-refractivity contribution in [2.24, 2.45) is 0 Å². The maximum Gasteiger partial charge on any atom is 0.427 e. The van der Waals surface area contributed by atoms with Crippen molar-refractivity contribution in [1.29, 1.82) is 0 Å². The van der Waals surface area contributed by atoms with Gasteiger partial charge in [-0.25, -0.2) is 23.2 Å². The Kier molecular flexibility index (Phi) is 8.33. The summed E-state index contributed by atoms with van der Waals surface area (Å²) in [5, 5.41) is 8.46. The highest BCUT2D eigenvalue weighted by Gasteiger charge is 2.35. The number of aromatic carboxylic acids is 1. The number of thiazole rings is 2. The fourth-order valence-electron chi connectivity index (χ4n) is 3.26. The Morgan fingerprint density at radius 1 is 0.929 bits per heavy atom. The van der Waals surface area contributed by atoms with Gasteiger partial charge in [-0.3, -0.25) is 13.6 Å². The summed E-state index contributed by atoms with van der Waals surface area (Å²) in [7, 11) is -2.77. The maximum absolute atomic E-state index is 12.7. The zero-order valence-corrected chi connectivity index (χ0v) is 23.6. The van der Waals surface area contributed by atoms with Gasteiger partial charge in [-0.05, 0) is 12.1 Å². The number of nitrogens with zero attached hydrogens (tertiary/aromatic N) is 4. The molecule has 0 radical (unpaired) electrons. The van der Waals surface area contributed by atoms with Gasteiger partial charge in [0.15, 0.2) is 31.2 Å². The number of hydrogen-bond donors (Lipinski definition) is 1. The molecule has 0 bridgehead atoms. The van der Waals surface area contributed by atoms with Crippen LogP contribution in [0.2, 0.25) is 5.02 Å². The van der Waals surface area contributed by atoms with Gasteiger partial charge in [-0.2, -0.15) is 26.3 Å². The van der Waals surface area contributed by atoms with Crippen molar-refractivity contribution >= 4 is 65.8 Å². The number of ketones is 1. The zero-order valence-electron chi connectivity index (χ0n) is 20.4. The van der Waals surface area contributed by atoms with Crippen LogP contribution in [-0.4, -0.2) is 56.9 Å². The van der Waals surface area contributed by atoms with Gasteiger partial charge in [0.25, 0.3) is 0 Å². The molecule has 224 valence electrons. The predicted molar refractivity (Wildman–Crippen MR) is 137 cm³/mol. The molecule has 0 aliphatic rings. The number of benzene rings is 1. The fraction of sp³-hybridized carbons (Fsp3) is 0.182. The van der Waals surface area contributed by atoms with Crippen LogP contribution < -0.4 is 4.74 Å². The molecule has 0 spiro atoms. The first-order valence-electron chi connectivity index (χ1n) is 10.8. The van der Waals surface area contributed by atoms with Crippen LogP contribution in [0.3, 0.4) is 0 Å². The third-order valence-electron chi connectivity index (χ3n) is 5.17. The topological polar surface area (TPSA) is 132 Å². The molecule has 0 unspecified atom stereocenters. The second-order valence-corrected chi connectivity index (χ2v) is 12.5. The number of aromatic nitrogens is 4. The number of ether oxygens (including phenoxy) is 1. The Bertz CT molecular complexity index is 1860. The smallest absolute Gasteiger partial charge is 0.427 e. The molecule has 4 aromatic heterocycles. The molecular weight excluding hydrogens is 662 g/mol. The third kappa shape index (κ3) is 6.69. The lowest BCUT2D eigenvalue weighted by molar-refractivity contribution is -0.135. The molecule has 10 nitrogen and oxygen atoms in total. The van der Waals surface area contributed by atoms with Gasteiger partial charge in [0, 0.05) is 30.9 Å². The normalized spacial score (nSPS) is 12.4. The van der Waals surface area contributed by atoms with E-state index in [1.54, 1.807) is 0 Å². The highest BCUT2D eigenvalue weighted by molar-refractivity contribution is 7.92. The monoisotopic (exact) mass is 674 g/mol. The quantitative estimate of drug-likeness (QED) is 0.175. The number of hydrogen-bond acceptors (Lipinski definition) is 9. The number of rotatable bonds is 6. The van der Waals surface area contributed by atoms with Crippen LogP contribution in [0.4, 0.5) is 26.3 Å². The van der Waals surface area contributed by atoms with Crippen molar-refractivity contribution in [3.63, 3.8) is 0 Å². The number of methoxy groups -OCH3 is 1. The first-order chi connectivity index (χ1) is 19.4. The van der Waals surface area contributed by atoms with E-state index >= 15 is 0 Å². The van der Waals surface area contributed by atoms with E-state index in [1.165, 1.54) is 25.3 Å². The van der Waals surface area contributed by atoms with Gasteiger partial charge in [0.05, 0.1) is 17.0 Å². The van der Waals surface area contributed by atoms with Crippen molar-refractivity contribution < 1.29 is 54.2 Å². The van der Waals surface area contributed by atoms with Crippen LogP contribution >= 0.6 is 34.3 Å². The summed E-state index contributed by atoms with van der Waals surface area (Å²) < 4.78 is 107. The summed E-state index contributed by atoms with van der Waals surface area (Å²) in [4.78, 5) is 28.1. The molecule has 0 aliphatic carbocycles. The molecule has 5 rings (SSSR count). The lowest BCUT2D eigenvalue weighted by Gasteiger charge is -2.07. The van der Waals surface area contributed by atoms with Crippen LogP contribution in [0.5, 0.6) is 5.75 Å². The Balaban J connectivity index is 0.000000227. The summed E-state index contributed by atoms with van der Waals surface area (Å²) in [5.74, 6) is -2.82. The van der Waals surface area contributed by atoms with Crippen LogP contribution in [0.15, 0.2) is 47.9 Å². The molecule has 1 aromatic carbocycles. The minimum absolute atomic E-state index is 0.0136. The van der Waals surface area contributed by atoms with Gasteiger partial charge in [0.1, 0.15) is 27.0 Å². The van der Waals surface area contributed by atoms with Crippen molar-refractivity contribution in [1.82, 2.24) is 18.8 Å². The Hall–Kier alpha value is -3.68.